The number of nitrogens with one attached hydrogen (secondary N) is 1. The van der Waals surface area contributed by atoms with Gasteiger partial charge >= 0.3 is 0 Å². The molecule has 0 unspecified atom stereocenters. The van der Waals surface area contributed by atoms with E-state index in [1.165, 1.54) is 25.7 Å². The first-order valence-corrected chi connectivity index (χ1v) is 8.42. The molecule has 5 heteroatoms. The van der Waals surface area contributed by atoms with Crippen LogP contribution in [-0.2, 0) is 0 Å². The maximum atomic E-state index is 6.18. The molecule has 1 aromatic carbocycles. The fraction of sp³-hybridized carbons (Fsp3) is 0.533. The highest BCUT2D eigenvalue weighted by Crippen LogP contribution is 2.31. The van der Waals surface area contributed by atoms with E-state index >= 15 is 0 Å². The Morgan fingerprint density at radius 1 is 1.40 bits per heavy atom. The molecule has 0 spiro atoms. The van der Waals surface area contributed by atoms with Crippen LogP contribution < -0.4 is 5.32 Å². The Labute approximate surface area is 128 Å². The van der Waals surface area contributed by atoms with E-state index in [4.69, 9.17) is 11.6 Å². The largest absolute Gasteiger partial charge is 0.360 e. The third kappa shape index (κ3) is 3.08. The van der Waals surface area contributed by atoms with E-state index in [0.717, 1.165) is 39.5 Å². The molecule has 0 saturated heterocycles. The molecule has 20 heavy (non-hydrogen) atoms. The van der Waals surface area contributed by atoms with Crippen molar-refractivity contribution in [3.63, 3.8) is 0 Å². The summed E-state index contributed by atoms with van der Waals surface area (Å²) in [6.45, 7) is 2.00. The van der Waals surface area contributed by atoms with E-state index in [2.05, 4.69) is 22.2 Å². The molecule has 0 amide bonds. The second-order valence-electron chi connectivity index (χ2n) is 5.45. The van der Waals surface area contributed by atoms with Crippen LogP contribution >= 0.6 is 22.9 Å². The summed E-state index contributed by atoms with van der Waals surface area (Å²) in [5.41, 5.74) is 0.981. The highest BCUT2D eigenvalue weighted by Gasteiger charge is 2.18. The Bertz CT molecular complexity index is 578. The van der Waals surface area contributed by atoms with Gasteiger partial charge in [0, 0.05) is 19.1 Å². The first-order valence-electron chi connectivity index (χ1n) is 7.23. The lowest BCUT2D eigenvalue weighted by Crippen LogP contribution is -2.33. The average molecular weight is 310 g/mol. The fourth-order valence-corrected chi connectivity index (χ4v) is 4.04. The van der Waals surface area contributed by atoms with E-state index in [1.54, 1.807) is 11.3 Å². The molecule has 1 aliphatic rings. The molecule has 108 valence electrons. The van der Waals surface area contributed by atoms with Crippen molar-refractivity contribution in [1.29, 1.82) is 0 Å². The molecular formula is C15H20ClN3S. The molecule has 0 bridgehead atoms. The number of likely N-dealkylation sites (N-methyl/N-ethyl adjacent to an activating group) is 1. The number of benzene rings is 1. The van der Waals surface area contributed by atoms with Crippen LogP contribution in [0.15, 0.2) is 18.2 Å². The van der Waals surface area contributed by atoms with E-state index in [9.17, 15) is 0 Å². The number of halogens is 1. The minimum atomic E-state index is 0.779. The summed E-state index contributed by atoms with van der Waals surface area (Å²) in [5.74, 6) is 0. The zero-order valence-corrected chi connectivity index (χ0v) is 13.3. The summed E-state index contributed by atoms with van der Waals surface area (Å²) in [7, 11) is 2.23. The first-order chi connectivity index (χ1) is 9.74. The van der Waals surface area contributed by atoms with Crippen LogP contribution in [0, 0.1) is 0 Å². The monoisotopic (exact) mass is 309 g/mol. The lowest BCUT2D eigenvalue weighted by atomic mass is 10.2. The topological polar surface area (TPSA) is 28.2 Å². The number of aromatic nitrogens is 1. The molecule has 1 aromatic heterocycles. The number of hydrogen-bond acceptors (Lipinski definition) is 4. The van der Waals surface area contributed by atoms with Crippen molar-refractivity contribution >= 4 is 38.3 Å². The highest BCUT2D eigenvalue weighted by atomic mass is 35.5. The minimum absolute atomic E-state index is 0.779. The van der Waals surface area contributed by atoms with Gasteiger partial charge in [-0.05, 0) is 32.0 Å². The number of fused-ring (bicyclic) bond motifs is 1. The van der Waals surface area contributed by atoms with Gasteiger partial charge in [0.2, 0.25) is 0 Å². The summed E-state index contributed by atoms with van der Waals surface area (Å²) >= 11 is 7.81. The van der Waals surface area contributed by atoms with Crippen LogP contribution in [-0.4, -0.2) is 36.1 Å². The molecule has 0 aliphatic heterocycles. The summed E-state index contributed by atoms with van der Waals surface area (Å²) in [6, 6.07) is 6.65. The first kappa shape index (κ1) is 14.1. The maximum Gasteiger partial charge on any atom is 0.183 e. The fourth-order valence-electron chi connectivity index (χ4n) is 2.86. The average Bonchev–Trinajstić information content (AvgIpc) is 3.07. The Kier molecular flexibility index (Phi) is 4.44. The number of rotatable bonds is 5. The lowest BCUT2D eigenvalue weighted by Gasteiger charge is -2.23. The zero-order chi connectivity index (χ0) is 13.9. The van der Waals surface area contributed by atoms with Crippen LogP contribution in [0.25, 0.3) is 10.2 Å². The van der Waals surface area contributed by atoms with Gasteiger partial charge in [-0.25, -0.2) is 4.98 Å². The third-order valence-electron chi connectivity index (χ3n) is 4.06. The van der Waals surface area contributed by atoms with Gasteiger partial charge in [0.05, 0.1) is 15.2 Å². The van der Waals surface area contributed by atoms with E-state index in [0.29, 0.717) is 0 Å². The predicted octanol–water partition coefficient (Wildman–Crippen LogP) is 4.24. The van der Waals surface area contributed by atoms with E-state index < -0.39 is 0 Å². The Morgan fingerprint density at radius 3 is 2.95 bits per heavy atom. The van der Waals surface area contributed by atoms with Gasteiger partial charge in [-0.1, -0.05) is 41.8 Å². The van der Waals surface area contributed by atoms with Crippen molar-refractivity contribution in [3.05, 3.63) is 23.2 Å². The molecule has 1 heterocycles. The Balaban J connectivity index is 1.55. The maximum absolute atomic E-state index is 6.18. The van der Waals surface area contributed by atoms with E-state index in [-0.39, 0.29) is 0 Å². The van der Waals surface area contributed by atoms with Crippen LogP contribution in [0.2, 0.25) is 5.02 Å². The van der Waals surface area contributed by atoms with Gasteiger partial charge in [0.15, 0.2) is 5.13 Å². The predicted molar refractivity (Wildman–Crippen MR) is 88.0 cm³/mol. The van der Waals surface area contributed by atoms with Gasteiger partial charge in [0.25, 0.3) is 0 Å². The van der Waals surface area contributed by atoms with Crippen molar-refractivity contribution in [2.45, 2.75) is 31.7 Å². The second-order valence-corrected chi connectivity index (χ2v) is 6.86. The van der Waals surface area contributed by atoms with Crippen LogP contribution in [0.5, 0.6) is 0 Å². The Morgan fingerprint density at radius 2 is 2.20 bits per heavy atom. The molecular weight excluding hydrogens is 290 g/mol. The standard InChI is InChI=1S/C15H20ClN3S/c1-19(11-5-2-3-6-11)10-9-17-15-18-13-8-4-7-12(16)14(13)20-15/h4,7-8,11H,2-3,5-6,9-10H2,1H3,(H,17,18). The van der Waals surface area contributed by atoms with Gasteiger partial charge < -0.3 is 10.2 Å². The van der Waals surface area contributed by atoms with Crippen LogP contribution in [0.1, 0.15) is 25.7 Å². The molecule has 3 nitrogen and oxygen atoms in total. The highest BCUT2D eigenvalue weighted by molar-refractivity contribution is 7.22. The molecule has 1 fully saturated rings. The van der Waals surface area contributed by atoms with Gasteiger partial charge in [-0.2, -0.15) is 0 Å². The molecule has 1 saturated carbocycles. The Hall–Kier alpha value is -0.840. The molecule has 3 rings (SSSR count). The van der Waals surface area contributed by atoms with Crippen molar-refractivity contribution in [2.24, 2.45) is 0 Å². The van der Waals surface area contributed by atoms with Gasteiger partial charge in [-0.3, -0.25) is 0 Å². The molecule has 0 radical (unpaired) electrons. The summed E-state index contributed by atoms with van der Waals surface area (Å²) in [6.07, 6.45) is 5.48. The van der Waals surface area contributed by atoms with Crippen molar-refractivity contribution < 1.29 is 0 Å². The number of anilines is 1. The molecule has 2 aromatic rings. The molecule has 1 N–H and O–H groups in total. The molecule has 0 atom stereocenters. The number of thiazole rings is 1. The normalized spacial score (nSPS) is 16.4. The van der Waals surface area contributed by atoms with Crippen molar-refractivity contribution in [3.8, 4) is 0 Å². The summed E-state index contributed by atoms with van der Waals surface area (Å²) in [4.78, 5) is 7.04. The number of nitrogens with zero attached hydrogens (tertiary/aromatic N) is 2. The third-order valence-corrected chi connectivity index (χ3v) is 5.54. The summed E-state index contributed by atoms with van der Waals surface area (Å²) in [5, 5.41) is 5.18. The van der Waals surface area contributed by atoms with E-state index in [1.807, 2.05) is 18.2 Å². The summed E-state index contributed by atoms with van der Waals surface area (Å²) < 4.78 is 1.07. The van der Waals surface area contributed by atoms with Gasteiger partial charge in [-0.15, -0.1) is 0 Å². The quantitative estimate of drug-likeness (QED) is 0.895. The SMILES string of the molecule is CN(CCNc1nc2cccc(Cl)c2s1)C1CCCC1. The van der Waals surface area contributed by atoms with Crippen molar-refractivity contribution in [2.75, 3.05) is 25.5 Å². The van der Waals surface area contributed by atoms with Crippen LogP contribution in [0.3, 0.4) is 0 Å². The van der Waals surface area contributed by atoms with Crippen molar-refractivity contribution in [1.82, 2.24) is 9.88 Å². The lowest BCUT2D eigenvalue weighted by molar-refractivity contribution is 0.254. The number of hydrogen-bond donors (Lipinski definition) is 1. The molecule has 1 aliphatic carbocycles. The smallest absolute Gasteiger partial charge is 0.183 e. The minimum Gasteiger partial charge on any atom is -0.360 e. The van der Waals surface area contributed by atoms with Gasteiger partial charge in [0.1, 0.15) is 0 Å². The van der Waals surface area contributed by atoms with Crippen LogP contribution in [0.4, 0.5) is 5.13 Å². The zero-order valence-electron chi connectivity index (χ0n) is 11.7. The second kappa shape index (κ2) is 6.29.